The van der Waals surface area contributed by atoms with Gasteiger partial charge in [-0.05, 0) is 50.1 Å². The van der Waals surface area contributed by atoms with E-state index in [-0.39, 0.29) is 17.6 Å². The lowest BCUT2D eigenvalue weighted by atomic mass is 9.98. The Morgan fingerprint density at radius 3 is 2.80 bits per heavy atom. The van der Waals surface area contributed by atoms with Gasteiger partial charge in [0.15, 0.2) is 0 Å². The third-order valence-corrected chi connectivity index (χ3v) is 4.94. The van der Waals surface area contributed by atoms with Gasteiger partial charge in [-0.15, -0.1) is 0 Å². The highest BCUT2D eigenvalue weighted by Gasteiger charge is 2.29. The number of hydrogen-bond acceptors (Lipinski definition) is 5. The van der Waals surface area contributed by atoms with Crippen LogP contribution < -0.4 is 0 Å². The quantitative estimate of drug-likeness (QED) is 0.853. The van der Waals surface area contributed by atoms with Gasteiger partial charge < -0.3 is 9.42 Å². The van der Waals surface area contributed by atoms with Crippen molar-refractivity contribution in [3.63, 3.8) is 0 Å². The first-order chi connectivity index (χ1) is 12.2. The van der Waals surface area contributed by atoms with Gasteiger partial charge in [0.05, 0.1) is 12.6 Å². The first-order valence-corrected chi connectivity index (χ1v) is 8.79. The molecule has 2 aliphatic heterocycles. The third-order valence-electron chi connectivity index (χ3n) is 4.94. The molecular formula is C18H21FN4O2. The Hall–Kier alpha value is -2.28. The standard InChI is InChI=1S/C18H21FN4O2/c19-15-7-5-13(6-8-15)17-20-18(25-21-17)14-3-1-9-22(11-14)12-23-10-2-4-16(23)24/h5-8,14H,1-4,9-12H2/t14-/m0/s1. The lowest BCUT2D eigenvalue weighted by molar-refractivity contribution is -0.129. The highest BCUT2D eigenvalue weighted by Crippen LogP contribution is 2.28. The average molecular weight is 344 g/mol. The molecule has 7 heteroatoms. The molecule has 1 atom stereocenters. The van der Waals surface area contributed by atoms with E-state index >= 15 is 0 Å². The summed E-state index contributed by atoms with van der Waals surface area (Å²) < 4.78 is 18.5. The Labute approximate surface area is 145 Å². The Morgan fingerprint density at radius 1 is 1.20 bits per heavy atom. The predicted octanol–water partition coefficient (Wildman–Crippen LogP) is 2.64. The minimum Gasteiger partial charge on any atom is -0.339 e. The summed E-state index contributed by atoms with van der Waals surface area (Å²) >= 11 is 0. The van der Waals surface area contributed by atoms with Crippen LogP contribution >= 0.6 is 0 Å². The number of carbonyl (C=O) groups is 1. The molecule has 25 heavy (non-hydrogen) atoms. The van der Waals surface area contributed by atoms with Gasteiger partial charge in [-0.2, -0.15) is 4.98 Å². The van der Waals surface area contributed by atoms with Crippen LogP contribution in [-0.2, 0) is 4.79 Å². The SMILES string of the molecule is O=C1CCCN1CN1CCC[C@H](c2nc(-c3ccc(F)cc3)no2)C1. The predicted molar refractivity (Wildman–Crippen MR) is 89.1 cm³/mol. The largest absolute Gasteiger partial charge is 0.339 e. The van der Waals surface area contributed by atoms with Gasteiger partial charge in [0.1, 0.15) is 5.82 Å². The van der Waals surface area contributed by atoms with Gasteiger partial charge in [0.2, 0.25) is 17.6 Å². The third kappa shape index (κ3) is 3.56. The summed E-state index contributed by atoms with van der Waals surface area (Å²) in [6.07, 6.45) is 3.67. The van der Waals surface area contributed by atoms with Crippen LogP contribution in [0.1, 0.15) is 37.5 Å². The van der Waals surface area contributed by atoms with Crippen molar-refractivity contribution >= 4 is 5.91 Å². The van der Waals surface area contributed by atoms with E-state index in [4.69, 9.17) is 4.52 Å². The van der Waals surface area contributed by atoms with Gasteiger partial charge in [-0.1, -0.05) is 5.16 Å². The fourth-order valence-electron chi connectivity index (χ4n) is 3.60. The van der Waals surface area contributed by atoms with E-state index in [9.17, 15) is 9.18 Å². The first-order valence-electron chi connectivity index (χ1n) is 8.79. The number of piperidine rings is 1. The first kappa shape index (κ1) is 16.2. The molecule has 1 amide bonds. The van der Waals surface area contributed by atoms with Gasteiger partial charge >= 0.3 is 0 Å². The fourth-order valence-corrected chi connectivity index (χ4v) is 3.60. The van der Waals surface area contributed by atoms with E-state index in [2.05, 4.69) is 15.0 Å². The zero-order chi connectivity index (χ0) is 17.2. The molecule has 3 heterocycles. The van der Waals surface area contributed by atoms with Crippen LogP contribution in [0.25, 0.3) is 11.4 Å². The van der Waals surface area contributed by atoms with Crippen LogP contribution in [0.5, 0.6) is 0 Å². The van der Waals surface area contributed by atoms with Gasteiger partial charge in [0.25, 0.3) is 0 Å². The Kier molecular flexibility index (Phi) is 4.48. The number of halogens is 1. The molecule has 0 spiro atoms. The van der Waals surface area contributed by atoms with Crippen molar-refractivity contribution in [2.75, 3.05) is 26.3 Å². The van der Waals surface area contributed by atoms with Crippen LogP contribution in [0.4, 0.5) is 4.39 Å². The number of hydrogen-bond donors (Lipinski definition) is 0. The maximum Gasteiger partial charge on any atom is 0.231 e. The van der Waals surface area contributed by atoms with Gasteiger partial charge in [0, 0.05) is 25.1 Å². The van der Waals surface area contributed by atoms with Gasteiger partial charge in [-0.3, -0.25) is 9.69 Å². The van der Waals surface area contributed by atoms with E-state index in [1.165, 1.54) is 12.1 Å². The molecule has 2 fully saturated rings. The molecule has 0 aliphatic carbocycles. The monoisotopic (exact) mass is 344 g/mol. The molecule has 132 valence electrons. The zero-order valence-electron chi connectivity index (χ0n) is 14.0. The molecule has 0 N–H and O–H groups in total. The van der Waals surface area contributed by atoms with Gasteiger partial charge in [-0.25, -0.2) is 4.39 Å². The van der Waals surface area contributed by atoms with Crippen LogP contribution in [0.2, 0.25) is 0 Å². The van der Waals surface area contributed by atoms with E-state index < -0.39 is 0 Å². The summed E-state index contributed by atoms with van der Waals surface area (Å²) in [7, 11) is 0. The van der Waals surface area contributed by atoms with Crippen molar-refractivity contribution in [2.45, 2.75) is 31.6 Å². The molecule has 2 saturated heterocycles. The maximum absolute atomic E-state index is 13.0. The number of likely N-dealkylation sites (tertiary alicyclic amines) is 2. The lowest BCUT2D eigenvalue weighted by Gasteiger charge is -2.33. The smallest absolute Gasteiger partial charge is 0.231 e. The number of rotatable bonds is 4. The maximum atomic E-state index is 13.0. The minimum absolute atomic E-state index is 0.174. The number of carbonyl (C=O) groups excluding carboxylic acids is 1. The molecular weight excluding hydrogens is 323 g/mol. The highest BCUT2D eigenvalue weighted by atomic mass is 19.1. The molecule has 0 unspecified atom stereocenters. The Morgan fingerprint density at radius 2 is 2.04 bits per heavy atom. The molecule has 6 nitrogen and oxygen atoms in total. The molecule has 0 bridgehead atoms. The van der Waals surface area contributed by atoms with Crippen molar-refractivity contribution in [1.82, 2.24) is 19.9 Å². The molecule has 2 aromatic rings. The van der Waals surface area contributed by atoms with E-state index in [0.29, 0.717) is 24.8 Å². The Bertz CT molecular complexity index is 746. The molecule has 0 radical (unpaired) electrons. The highest BCUT2D eigenvalue weighted by molar-refractivity contribution is 5.77. The minimum atomic E-state index is -0.285. The topological polar surface area (TPSA) is 62.5 Å². The van der Waals surface area contributed by atoms with Crippen molar-refractivity contribution in [3.8, 4) is 11.4 Å². The summed E-state index contributed by atoms with van der Waals surface area (Å²) in [5.41, 5.74) is 0.742. The van der Waals surface area contributed by atoms with E-state index in [1.807, 2.05) is 4.90 Å². The van der Waals surface area contributed by atoms with Crippen LogP contribution in [-0.4, -0.2) is 52.2 Å². The van der Waals surface area contributed by atoms with Crippen molar-refractivity contribution in [1.29, 1.82) is 0 Å². The summed E-state index contributed by atoms with van der Waals surface area (Å²) in [5.74, 6) is 1.25. The molecule has 0 saturated carbocycles. The second-order valence-corrected chi connectivity index (χ2v) is 6.78. The van der Waals surface area contributed by atoms with Crippen LogP contribution in [0.15, 0.2) is 28.8 Å². The molecule has 1 aromatic carbocycles. The van der Waals surface area contributed by atoms with Crippen molar-refractivity contribution in [2.24, 2.45) is 0 Å². The van der Waals surface area contributed by atoms with Crippen molar-refractivity contribution < 1.29 is 13.7 Å². The lowest BCUT2D eigenvalue weighted by Crippen LogP contribution is -2.43. The van der Waals surface area contributed by atoms with Crippen LogP contribution in [0, 0.1) is 5.82 Å². The molecule has 4 rings (SSSR count). The van der Waals surface area contributed by atoms with E-state index in [0.717, 1.165) is 44.5 Å². The number of nitrogens with zero attached hydrogens (tertiary/aromatic N) is 4. The van der Waals surface area contributed by atoms with Crippen molar-refractivity contribution in [3.05, 3.63) is 36.0 Å². The Balaban J connectivity index is 1.43. The van der Waals surface area contributed by atoms with Crippen LogP contribution in [0.3, 0.4) is 0 Å². The number of aromatic nitrogens is 2. The molecule has 2 aliphatic rings. The number of benzene rings is 1. The van der Waals surface area contributed by atoms with E-state index in [1.54, 1.807) is 12.1 Å². The fraction of sp³-hybridized carbons (Fsp3) is 0.500. The summed E-state index contributed by atoms with van der Waals surface area (Å²) in [6.45, 7) is 3.34. The second-order valence-electron chi connectivity index (χ2n) is 6.78. The number of amides is 1. The normalized spacial score (nSPS) is 21.9. The molecule has 1 aromatic heterocycles. The summed E-state index contributed by atoms with van der Waals surface area (Å²) in [6, 6.07) is 6.08. The summed E-state index contributed by atoms with van der Waals surface area (Å²) in [5, 5.41) is 4.04. The average Bonchev–Trinajstić information content (AvgIpc) is 3.26. The summed E-state index contributed by atoms with van der Waals surface area (Å²) in [4.78, 5) is 20.5. The zero-order valence-corrected chi connectivity index (χ0v) is 14.0. The second kappa shape index (κ2) is 6.92.